The highest BCUT2D eigenvalue weighted by Gasteiger charge is 2.40. The third-order valence-corrected chi connectivity index (χ3v) is 9.66. The molecule has 4 rings (SSSR count). The van der Waals surface area contributed by atoms with Crippen molar-refractivity contribution in [3.05, 3.63) is 98.5 Å². The first-order valence-corrected chi connectivity index (χ1v) is 14.9. The van der Waals surface area contributed by atoms with Crippen LogP contribution in [0.2, 0.25) is 10.0 Å². The Morgan fingerprint density at radius 3 is 2.29 bits per heavy atom. The highest BCUT2D eigenvalue weighted by Crippen LogP contribution is 2.36. The van der Waals surface area contributed by atoms with Gasteiger partial charge in [-0.3, -0.25) is 9.69 Å². The molecule has 1 fully saturated rings. The lowest BCUT2D eigenvalue weighted by Crippen LogP contribution is -2.38. The monoisotopic (exact) mass is 634 g/mol. The van der Waals surface area contributed by atoms with Crippen LogP contribution in [0.3, 0.4) is 0 Å². The highest BCUT2D eigenvalue weighted by atomic mass is 35.5. The Hall–Kier alpha value is -2.73. The molecule has 41 heavy (non-hydrogen) atoms. The van der Waals surface area contributed by atoms with Crippen molar-refractivity contribution in [3.63, 3.8) is 0 Å². The lowest BCUT2D eigenvalue weighted by atomic mass is 9.93. The molecule has 1 heterocycles. The summed E-state index contributed by atoms with van der Waals surface area (Å²) < 4.78 is 92.8. The molecule has 3 aromatic rings. The largest absolute Gasteiger partial charge is 0.419 e. The maximum Gasteiger partial charge on any atom is 0.419 e. The second-order valence-electron chi connectivity index (χ2n) is 9.83. The predicted molar refractivity (Wildman–Crippen MR) is 146 cm³/mol. The molecule has 220 valence electrons. The van der Waals surface area contributed by atoms with Crippen LogP contribution < -0.4 is 0 Å². The Labute approximate surface area is 244 Å². The van der Waals surface area contributed by atoms with Gasteiger partial charge in [0, 0.05) is 31.6 Å². The van der Waals surface area contributed by atoms with Crippen molar-refractivity contribution in [1.82, 2.24) is 9.80 Å². The van der Waals surface area contributed by atoms with E-state index in [1.165, 1.54) is 17.9 Å². The molecule has 3 aromatic carbocycles. The van der Waals surface area contributed by atoms with Gasteiger partial charge in [0.15, 0.2) is 9.84 Å². The fraction of sp³-hybridized carbons (Fsp3) is 0.321. The summed E-state index contributed by atoms with van der Waals surface area (Å²) >= 11 is 12.3. The number of nitrogens with zero attached hydrogens (tertiary/aromatic N) is 2. The fourth-order valence-electron chi connectivity index (χ4n) is 4.96. The van der Waals surface area contributed by atoms with Gasteiger partial charge in [-0.25, -0.2) is 17.2 Å². The molecule has 2 atom stereocenters. The molecule has 1 aliphatic heterocycles. The minimum absolute atomic E-state index is 0.0398. The summed E-state index contributed by atoms with van der Waals surface area (Å²) in [5, 5.41) is 0.575. The van der Waals surface area contributed by atoms with Crippen LogP contribution in [0.25, 0.3) is 0 Å². The number of likely N-dealkylation sites (N-methyl/N-ethyl adjacent to an activating group) is 1. The number of likely N-dealkylation sites (tertiary alicyclic amines) is 1. The van der Waals surface area contributed by atoms with Crippen molar-refractivity contribution in [2.75, 3.05) is 25.9 Å². The maximum absolute atomic E-state index is 14.8. The quantitative estimate of drug-likeness (QED) is 0.211. The Kier molecular flexibility index (Phi) is 9.04. The molecule has 1 amide bonds. The number of carbonyl (C=O) groups is 1. The molecule has 5 nitrogen and oxygen atoms in total. The molecule has 0 bridgehead atoms. The van der Waals surface area contributed by atoms with Crippen molar-refractivity contribution in [3.8, 4) is 0 Å². The Morgan fingerprint density at radius 2 is 1.68 bits per heavy atom. The summed E-state index contributed by atoms with van der Waals surface area (Å²) in [5.41, 5.74) is -0.794. The SMILES string of the molecule is CCS(=O)(=O)c1ccc(F)c(C(=O)N2CC(c3ccc(Cl)c(Cl)c3)C(N(C)Cc3ccc(C(F)(F)F)c(F)c3)C2)c1. The average molecular weight is 635 g/mol. The van der Waals surface area contributed by atoms with Crippen LogP contribution in [0.15, 0.2) is 59.5 Å². The molecule has 1 aliphatic rings. The summed E-state index contributed by atoms with van der Waals surface area (Å²) in [6.45, 7) is 1.63. The highest BCUT2D eigenvalue weighted by molar-refractivity contribution is 7.91. The third kappa shape index (κ3) is 6.69. The Morgan fingerprint density at radius 1 is 0.976 bits per heavy atom. The van der Waals surface area contributed by atoms with Crippen LogP contribution >= 0.6 is 23.2 Å². The van der Waals surface area contributed by atoms with Gasteiger partial charge in [-0.1, -0.05) is 42.3 Å². The number of hydrogen-bond acceptors (Lipinski definition) is 4. The van der Waals surface area contributed by atoms with Crippen LogP contribution in [0.4, 0.5) is 22.0 Å². The van der Waals surface area contributed by atoms with E-state index in [1.807, 2.05) is 0 Å². The molecule has 2 unspecified atom stereocenters. The topological polar surface area (TPSA) is 57.7 Å². The average Bonchev–Trinajstić information content (AvgIpc) is 3.35. The normalized spacial score (nSPS) is 17.9. The van der Waals surface area contributed by atoms with Gasteiger partial charge in [0.05, 0.1) is 31.8 Å². The summed E-state index contributed by atoms with van der Waals surface area (Å²) in [6, 6.07) is 10.2. The number of rotatable bonds is 7. The molecule has 0 N–H and O–H groups in total. The first-order chi connectivity index (χ1) is 19.1. The number of halogens is 7. The lowest BCUT2D eigenvalue weighted by Gasteiger charge is -2.29. The van der Waals surface area contributed by atoms with E-state index < -0.39 is 56.6 Å². The first-order valence-electron chi connectivity index (χ1n) is 12.4. The van der Waals surface area contributed by atoms with E-state index in [9.17, 15) is 35.2 Å². The van der Waals surface area contributed by atoms with Gasteiger partial charge in [0.25, 0.3) is 5.91 Å². The predicted octanol–water partition coefficient (Wildman–Crippen LogP) is 6.82. The molecular weight excluding hydrogens is 610 g/mol. The van der Waals surface area contributed by atoms with Gasteiger partial charge in [-0.2, -0.15) is 13.2 Å². The zero-order chi connectivity index (χ0) is 30.3. The van der Waals surface area contributed by atoms with Crippen molar-refractivity contribution in [1.29, 1.82) is 0 Å². The molecule has 0 radical (unpaired) electrons. The number of carbonyl (C=O) groups excluding carboxylic acids is 1. The van der Waals surface area contributed by atoms with Crippen molar-refractivity contribution in [2.45, 2.75) is 36.5 Å². The van der Waals surface area contributed by atoms with Crippen LogP contribution in [0.1, 0.15) is 39.9 Å². The minimum atomic E-state index is -4.83. The van der Waals surface area contributed by atoms with Gasteiger partial charge in [0.1, 0.15) is 11.6 Å². The van der Waals surface area contributed by atoms with Crippen molar-refractivity contribution >= 4 is 38.9 Å². The zero-order valence-corrected chi connectivity index (χ0v) is 24.2. The van der Waals surface area contributed by atoms with Crippen LogP contribution in [-0.2, 0) is 22.6 Å². The van der Waals surface area contributed by atoms with E-state index in [1.54, 1.807) is 30.1 Å². The van der Waals surface area contributed by atoms with E-state index in [4.69, 9.17) is 23.2 Å². The van der Waals surface area contributed by atoms with Crippen LogP contribution in [0, 0.1) is 11.6 Å². The number of hydrogen-bond donors (Lipinski definition) is 0. The van der Waals surface area contributed by atoms with E-state index in [-0.39, 0.29) is 40.9 Å². The second kappa shape index (κ2) is 11.9. The molecule has 0 saturated carbocycles. The standard InChI is InChI=1S/C28H25Cl2F5N2O3S/c1-3-41(39,40)18-6-9-24(31)19(12-18)27(38)37-14-20(17-5-8-22(29)23(30)11-17)26(15-37)36(2)13-16-4-7-21(25(32)10-16)28(33,34)35/h4-12,20,26H,3,13-15H2,1-2H3. The van der Waals surface area contributed by atoms with E-state index in [2.05, 4.69) is 0 Å². The Bertz CT molecular complexity index is 1580. The Balaban J connectivity index is 1.66. The van der Waals surface area contributed by atoms with Crippen LogP contribution in [-0.4, -0.2) is 56.1 Å². The maximum atomic E-state index is 14.8. The zero-order valence-electron chi connectivity index (χ0n) is 21.9. The fourth-order valence-corrected chi connectivity index (χ4v) is 6.17. The van der Waals surface area contributed by atoms with Gasteiger partial charge in [-0.15, -0.1) is 0 Å². The summed E-state index contributed by atoms with van der Waals surface area (Å²) in [5.74, 6) is -3.63. The van der Waals surface area contributed by atoms with Crippen molar-refractivity contribution in [2.24, 2.45) is 0 Å². The number of alkyl halides is 3. The van der Waals surface area contributed by atoms with Gasteiger partial charge >= 0.3 is 6.18 Å². The van der Waals surface area contributed by atoms with E-state index in [0.717, 1.165) is 24.3 Å². The number of sulfone groups is 1. The number of benzene rings is 3. The smallest absolute Gasteiger partial charge is 0.336 e. The molecular formula is C28H25Cl2F5N2O3S. The minimum Gasteiger partial charge on any atom is -0.336 e. The van der Waals surface area contributed by atoms with Gasteiger partial charge < -0.3 is 4.90 Å². The summed E-state index contributed by atoms with van der Waals surface area (Å²) in [7, 11) is -2.03. The molecule has 0 aromatic heterocycles. The molecule has 0 spiro atoms. The first kappa shape index (κ1) is 31.2. The number of amides is 1. The lowest BCUT2D eigenvalue weighted by molar-refractivity contribution is -0.140. The summed E-state index contributed by atoms with van der Waals surface area (Å²) in [4.78, 5) is 16.5. The third-order valence-electron chi connectivity index (χ3n) is 7.19. The summed E-state index contributed by atoms with van der Waals surface area (Å²) in [6.07, 6.45) is -4.83. The van der Waals surface area contributed by atoms with Crippen LogP contribution in [0.5, 0.6) is 0 Å². The second-order valence-corrected chi connectivity index (χ2v) is 12.9. The molecule has 1 saturated heterocycles. The van der Waals surface area contributed by atoms with E-state index >= 15 is 0 Å². The van der Waals surface area contributed by atoms with E-state index in [0.29, 0.717) is 16.7 Å². The molecule has 13 heteroatoms. The van der Waals surface area contributed by atoms with Gasteiger partial charge in [0.2, 0.25) is 0 Å². The van der Waals surface area contributed by atoms with Crippen molar-refractivity contribution < 1.29 is 35.2 Å². The molecule has 0 aliphatic carbocycles. The van der Waals surface area contributed by atoms with Gasteiger partial charge in [-0.05, 0) is 60.6 Å².